The van der Waals surface area contributed by atoms with Crippen molar-refractivity contribution in [2.75, 3.05) is 6.54 Å². The van der Waals surface area contributed by atoms with E-state index < -0.39 is 11.6 Å². The fraction of sp³-hybridized carbons (Fsp3) is 0.238. The number of amides is 1. The number of halogens is 2. The molecular formula is C21H20BrFN4O2. The van der Waals surface area contributed by atoms with Gasteiger partial charge in [0.1, 0.15) is 11.5 Å². The minimum Gasteiger partial charge on any atom is -0.504 e. The van der Waals surface area contributed by atoms with E-state index in [2.05, 4.69) is 30.9 Å². The van der Waals surface area contributed by atoms with E-state index in [4.69, 9.17) is 0 Å². The quantitative estimate of drug-likeness (QED) is 0.675. The number of phenolic OH excluding ortho intramolecular Hbond substituents is 1. The number of carbonyl (C=O) groups is 1. The van der Waals surface area contributed by atoms with Crippen LogP contribution in [0.4, 0.5) is 4.39 Å². The fourth-order valence-corrected chi connectivity index (χ4v) is 3.15. The summed E-state index contributed by atoms with van der Waals surface area (Å²) in [5.74, 6) is -0.317. The Morgan fingerprint density at radius 3 is 2.55 bits per heavy atom. The van der Waals surface area contributed by atoms with Crippen LogP contribution in [0.5, 0.6) is 5.75 Å². The lowest BCUT2D eigenvalue weighted by molar-refractivity contribution is -0.122. The third kappa shape index (κ3) is 4.95. The van der Waals surface area contributed by atoms with Crippen LogP contribution in [0.2, 0.25) is 0 Å². The van der Waals surface area contributed by atoms with Crippen LogP contribution in [-0.4, -0.2) is 38.3 Å². The van der Waals surface area contributed by atoms with Gasteiger partial charge in [0.25, 0.3) is 5.91 Å². The van der Waals surface area contributed by atoms with Crippen molar-refractivity contribution in [1.82, 2.24) is 14.9 Å². The molecule has 0 atom stereocenters. The zero-order chi connectivity index (χ0) is 21.1. The lowest BCUT2D eigenvalue weighted by Gasteiger charge is -2.18. The van der Waals surface area contributed by atoms with Crippen molar-refractivity contribution < 1.29 is 14.3 Å². The molecule has 150 valence electrons. The molecule has 2 aromatic rings. The van der Waals surface area contributed by atoms with Gasteiger partial charge in [-0.15, -0.1) is 0 Å². The van der Waals surface area contributed by atoms with Gasteiger partial charge in [0, 0.05) is 18.9 Å². The monoisotopic (exact) mass is 458 g/mol. The molecule has 0 spiro atoms. The van der Waals surface area contributed by atoms with Gasteiger partial charge >= 0.3 is 0 Å². The number of phenols is 1. The molecule has 8 heteroatoms. The van der Waals surface area contributed by atoms with E-state index in [1.807, 2.05) is 20.8 Å². The van der Waals surface area contributed by atoms with Crippen molar-refractivity contribution in [3.63, 3.8) is 0 Å². The van der Waals surface area contributed by atoms with Crippen LogP contribution in [0.15, 0.2) is 45.8 Å². The Morgan fingerprint density at radius 1 is 1.24 bits per heavy atom. The molecule has 1 aliphatic heterocycles. The number of hydrogen-bond acceptors (Lipinski definition) is 5. The molecule has 3 rings (SSSR count). The molecule has 0 radical (unpaired) electrons. The number of nitrogens with zero attached hydrogens (tertiary/aromatic N) is 4. The number of carbonyl (C=O) groups excluding carboxylic acids is 1. The highest BCUT2D eigenvalue weighted by molar-refractivity contribution is 9.10. The number of aromatic hydroxyl groups is 1. The maximum Gasteiger partial charge on any atom is 0.278 e. The molecule has 1 N–H and O–H groups in total. The van der Waals surface area contributed by atoms with Crippen LogP contribution >= 0.6 is 15.9 Å². The molecule has 6 nitrogen and oxygen atoms in total. The maximum atomic E-state index is 13.8. The summed E-state index contributed by atoms with van der Waals surface area (Å²) in [7, 11) is 0. The summed E-state index contributed by atoms with van der Waals surface area (Å²) in [6.45, 7) is 6.40. The Labute approximate surface area is 176 Å². The molecular weight excluding hydrogens is 439 g/mol. The lowest BCUT2D eigenvalue weighted by atomic mass is 10.1. The van der Waals surface area contributed by atoms with Crippen LogP contribution in [0, 0.1) is 18.7 Å². The summed E-state index contributed by atoms with van der Waals surface area (Å²) in [6, 6.07) is 2.67. The standard InChI is InChI=1S/C21H20BrFN4O2/c1-12(2)11-27-19(5-4-18-24-9-13(3)10-25-18)26-17(21(27)29)8-14-6-15(22)20(28)16(23)7-14/h4-10,12,28H,11H2,1-3H3/b5-4+,17-8-. The summed E-state index contributed by atoms with van der Waals surface area (Å²) >= 11 is 3.10. The van der Waals surface area contributed by atoms with Gasteiger partial charge in [-0.05, 0) is 70.3 Å². The summed E-state index contributed by atoms with van der Waals surface area (Å²) in [6.07, 6.45) is 8.30. The molecule has 0 bridgehead atoms. The Hall–Kier alpha value is -2.87. The Morgan fingerprint density at radius 2 is 1.93 bits per heavy atom. The predicted molar refractivity (Wildman–Crippen MR) is 114 cm³/mol. The van der Waals surface area contributed by atoms with E-state index in [-0.39, 0.29) is 22.0 Å². The highest BCUT2D eigenvalue weighted by Gasteiger charge is 2.29. The normalized spacial score (nSPS) is 15.8. The lowest BCUT2D eigenvalue weighted by Crippen LogP contribution is -2.34. The van der Waals surface area contributed by atoms with Crippen molar-refractivity contribution >= 4 is 39.8 Å². The summed E-state index contributed by atoms with van der Waals surface area (Å²) < 4.78 is 14.0. The van der Waals surface area contributed by atoms with Gasteiger partial charge in [0.15, 0.2) is 17.4 Å². The SMILES string of the molecule is Cc1cnc(/C=C/C2=NC(=C\c3cc(F)c(O)c(Br)c3)/C(=O)N2CC(C)C)nc1. The number of hydrogen-bond donors (Lipinski definition) is 1. The predicted octanol–water partition coefficient (Wildman–Crippen LogP) is 4.34. The minimum absolute atomic E-state index is 0.187. The van der Waals surface area contributed by atoms with Crippen molar-refractivity contribution in [3.05, 3.63) is 63.5 Å². The zero-order valence-corrected chi connectivity index (χ0v) is 17.8. The van der Waals surface area contributed by atoms with E-state index in [0.29, 0.717) is 23.8 Å². The Balaban J connectivity index is 1.95. The van der Waals surface area contributed by atoms with Gasteiger partial charge in [-0.2, -0.15) is 0 Å². The molecule has 1 aliphatic rings. The largest absolute Gasteiger partial charge is 0.504 e. The second-order valence-corrected chi connectivity index (χ2v) is 7.95. The molecule has 0 saturated heterocycles. The molecule has 0 unspecified atom stereocenters. The number of aryl methyl sites for hydroxylation is 1. The summed E-state index contributed by atoms with van der Waals surface area (Å²) in [5.41, 5.74) is 1.55. The van der Waals surface area contributed by atoms with Crippen molar-refractivity contribution in [3.8, 4) is 5.75 Å². The molecule has 1 aromatic heterocycles. The first-order valence-electron chi connectivity index (χ1n) is 9.01. The zero-order valence-electron chi connectivity index (χ0n) is 16.2. The maximum absolute atomic E-state index is 13.8. The fourth-order valence-electron chi connectivity index (χ4n) is 2.70. The molecule has 0 fully saturated rings. The molecule has 2 heterocycles. The third-order valence-electron chi connectivity index (χ3n) is 4.05. The van der Waals surface area contributed by atoms with Gasteiger partial charge < -0.3 is 5.11 Å². The number of benzene rings is 1. The highest BCUT2D eigenvalue weighted by Crippen LogP contribution is 2.30. The van der Waals surface area contributed by atoms with E-state index in [1.54, 1.807) is 29.4 Å². The van der Waals surface area contributed by atoms with Gasteiger partial charge in [-0.1, -0.05) is 13.8 Å². The molecule has 29 heavy (non-hydrogen) atoms. The first-order valence-corrected chi connectivity index (χ1v) is 9.81. The Bertz CT molecular complexity index is 1010. The average Bonchev–Trinajstić information content (AvgIpc) is 2.94. The first-order chi connectivity index (χ1) is 13.7. The average molecular weight is 459 g/mol. The third-order valence-corrected chi connectivity index (χ3v) is 4.65. The smallest absolute Gasteiger partial charge is 0.278 e. The van der Waals surface area contributed by atoms with Crippen LogP contribution < -0.4 is 0 Å². The number of rotatable bonds is 5. The molecule has 1 amide bonds. The van der Waals surface area contributed by atoms with Crippen molar-refractivity contribution in [1.29, 1.82) is 0 Å². The second kappa shape index (κ2) is 8.65. The number of amidine groups is 1. The van der Waals surface area contributed by atoms with Gasteiger partial charge in [0.05, 0.1) is 4.47 Å². The van der Waals surface area contributed by atoms with Gasteiger partial charge in [0.2, 0.25) is 0 Å². The van der Waals surface area contributed by atoms with Gasteiger partial charge in [-0.25, -0.2) is 19.4 Å². The summed E-state index contributed by atoms with van der Waals surface area (Å²) in [5, 5.41) is 9.56. The van der Waals surface area contributed by atoms with Crippen LogP contribution in [-0.2, 0) is 4.79 Å². The Kier molecular flexibility index (Phi) is 6.22. The van der Waals surface area contributed by atoms with E-state index in [1.165, 1.54) is 12.1 Å². The van der Waals surface area contributed by atoms with E-state index in [0.717, 1.165) is 11.6 Å². The minimum atomic E-state index is -0.781. The first kappa shape index (κ1) is 20.9. The number of aromatic nitrogens is 2. The van der Waals surface area contributed by atoms with Gasteiger partial charge in [-0.3, -0.25) is 9.69 Å². The number of aliphatic imine (C=N–C) groups is 1. The van der Waals surface area contributed by atoms with Crippen LogP contribution in [0.3, 0.4) is 0 Å². The molecule has 0 aliphatic carbocycles. The highest BCUT2D eigenvalue weighted by atomic mass is 79.9. The van der Waals surface area contributed by atoms with E-state index in [9.17, 15) is 14.3 Å². The van der Waals surface area contributed by atoms with Crippen molar-refractivity contribution in [2.45, 2.75) is 20.8 Å². The molecule has 1 aromatic carbocycles. The topological polar surface area (TPSA) is 78.7 Å². The second-order valence-electron chi connectivity index (χ2n) is 7.09. The van der Waals surface area contributed by atoms with Crippen LogP contribution in [0.1, 0.15) is 30.8 Å². The van der Waals surface area contributed by atoms with E-state index >= 15 is 0 Å². The molecule has 0 saturated carbocycles. The van der Waals surface area contributed by atoms with Crippen LogP contribution in [0.25, 0.3) is 12.2 Å². The van der Waals surface area contributed by atoms with Crippen molar-refractivity contribution in [2.24, 2.45) is 10.9 Å². The summed E-state index contributed by atoms with van der Waals surface area (Å²) in [4.78, 5) is 27.3.